The zero-order valence-corrected chi connectivity index (χ0v) is 15.7. The molecular weight excluding hydrogens is 344 g/mol. The first-order valence-corrected chi connectivity index (χ1v) is 8.69. The summed E-state index contributed by atoms with van der Waals surface area (Å²) in [6.07, 6.45) is 0.677. The Morgan fingerprint density at radius 3 is 2.67 bits per heavy atom. The number of benzene rings is 1. The molecule has 0 saturated heterocycles. The van der Waals surface area contributed by atoms with Gasteiger partial charge in [-0.15, -0.1) is 0 Å². The van der Waals surface area contributed by atoms with E-state index < -0.39 is 5.56 Å². The highest BCUT2D eigenvalue weighted by Crippen LogP contribution is 2.33. The van der Waals surface area contributed by atoms with E-state index in [9.17, 15) is 19.6 Å². The van der Waals surface area contributed by atoms with E-state index in [0.717, 1.165) is 15.9 Å². The van der Waals surface area contributed by atoms with Crippen LogP contribution in [0.15, 0.2) is 23.0 Å². The largest absolute Gasteiger partial charge is 0.309 e. The molecule has 0 radical (unpaired) electrons. The van der Waals surface area contributed by atoms with E-state index in [-0.39, 0.29) is 29.8 Å². The maximum Gasteiger partial charge on any atom is 0.285 e. The van der Waals surface area contributed by atoms with Crippen LogP contribution in [-0.2, 0) is 17.8 Å². The minimum atomic E-state index is -0.563. The fraction of sp³-hybridized carbons (Fsp3) is 0.350. The number of aromatic nitrogens is 2. The maximum absolute atomic E-state index is 12.7. The van der Waals surface area contributed by atoms with E-state index >= 15 is 0 Å². The number of carbonyl (C=O) groups excluding carboxylic acids is 2. The number of nitriles is 1. The molecule has 138 valence electrons. The molecule has 7 nitrogen and oxygen atoms in total. The molecule has 1 aliphatic heterocycles. The second kappa shape index (κ2) is 6.80. The normalized spacial score (nSPS) is 15.4. The Labute approximate surface area is 156 Å². The van der Waals surface area contributed by atoms with Gasteiger partial charge < -0.3 is 4.90 Å². The van der Waals surface area contributed by atoms with Gasteiger partial charge in [-0.3, -0.25) is 14.4 Å². The lowest BCUT2D eigenvalue weighted by atomic mass is 10.0. The summed E-state index contributed by atoms with van der Waals surface area (Å²) in [4.78, 5) is 38.6. The van der Waals surface area contributed by atoms with Gasteiger partial charge in [0.25, 0.3) is 5.56 Å². The molecule has 0 saturated carbocycles. The van der Waals surface area contributed by atoms with Crippen LogP contribution >= 0.6 is 0 Å². The summed E-state index contributed by atoms with van der Waals surface area (Å²) in [6, 6.07) is 7.14. The zero-order valence-electron chi connectivity index (χ0n) is 15.7. The molecule has 1 aliphatic rings. The maximum atomic E-state index is 12.7. The number of rotatable bonds is 3. The summed E-state index contributed by atoms with van der Waals surface area (Å²) in [5.41, 5.74) is 2.72. The Morgan fingerprint density at radius 2 is 2.04 bits per heavy atom. The molecule has 0 fully saturated rings. The van der Waals surface area contributed by atoms with Gasteiger partial charge >= 0.3 is 0 Å². The van der Waals surface area contributed by atoms with Crippen LogP contribution in [0.5, 0.6) is 0 Å². The van der Waals surface area contributed by atoms with Gasteiger partial charge in [0, 0.05) is 24.2 Å². The molecular formula is C20H20N4O3. The van der Waals surface area contributed by atoms with Gasteiger partial charge in [-0.1, -0.05) is 0 Å². The van der Waals surface area contributed by atoms with E-state index in [2.05, 4.69) is 5.10 Å². The molecule has 7 heteroatoms. The molecule has 1 aromatic carbocycles. The number of hydrogen-bond donors (Lipinski definition) is 0. The summed E-state index contributed by atoms with van der Waals surface area (Å²) in [7, 11) is 0. The number of ketones is 1. The molecule has 0 N–H and O–H groups in total. The van der Waals surface area contributed by atoms with Crippen molar-refractivity contribution in [3.05, 3.63) is 56.5 Å². The average Bonchev–Trinajstić information content (AvgIpc) is 2.95. The number of fused-ring (bicyclic) bond motifs is 1. The molecule has 0 bridgehead atoms. The highest BCUT2D eigenvalue weighted by molar-refractivity contribution is 5.99. The Bertz CT molecular complexity index is 1060. The van der Waals surface area contributed by atoms with E-state index in [0.29, 0.717) is 23.2 Å². The molecule has 0 aliphatic carbocycles. The standard InChI is InChI=1S/C20H20N4O3/c1-11-7-16-8-15(5-6-18(16)24(11)14(4)25)19(26)10-23-20(27)17(9-21)12(2)13(3)22-23/h5-6,8,11H,7,10H2,1-4H3/t11-/m1/s1. The molecule has 1 atom stereocenters. The number of Topliss-reactive ketones (excluding diaryl/α,β-unsaturated/α-hetero) is 1. The van der Waals surface area contributed by atoms with Crippen molar-refractivity contribution in [1.82, 2.24) is 9.78 Å². The molecule has 1 aromatic heterocycles. The third kappa shape index (κ3) is 3.14. The molecule has 0 unspecified atom stereocenters. The highest BCUT2D eigenvalue weighted by Gasteiger charge is 2.29. The van der Waals surface area contributed by atoms with Crippen molar-refractivity contribution in [2.45, 2.75) is 46.7 Å². The fourth-order valence-corrected chi connectivity index (χ4v) is 3.52. The average molecular weight is 364 g/mol. The van der Waals surface area contributed by atoms with Crippen LogP contribution in [0.25, 0.3) is 0 Å². The molecule has 2 heterocycles. The predicted molar refractivity (Wildman–Crippen MR) is 99.8 cm³/mol. The third-order valence-electron chi connectivity index (χ3n) is 5.00. The minimum absolute atomic E-state index is 0.00942. The summed E-state index contributed by atoms with van der Waals surface area (Å²) >= 11 is 0. The number of nitrogens with zero attached hydrogens (tertiary/aromatic N) is 4. The lowest BCUT2D eigenvalue weighted by Crippen LogP contribution is -2.33. The van der Waals surface area contributed by atoms with E-state index in [1.165, 1.54) is 6.92 Å². The summed E-state index contributed by atoms with van der Waals surface area (Å²) in [5.74, 6) is -0.302. The van der Waals surface area contributed by atoms with Gasteiger partial charge in [-0.25, -0.2) is 4.68 Å². The van der Waals surface area contributed by atoms with Gasteiger partial charge in [0.15, 0.2) is 5.78 Å². The molecule has 27 heavy (non-hydrogen) atoms. The predicted octanol–water partition coefficient (Wildman–Crippen LogP) is 1.91. The summed E-state index contributed by atoms with van der Waals surface area (Å²) < 4.78 is 1.04. The van der Waals surface area contributed by atoms with Crippen molar-refractivity contribution in [1.29, 1.82) is 5.26 Å². The van der Waals surface area contributed by atoms with E-state index in [1.807, 2.05) is 13.0 Å². The fourth-order valence-electron chi connectivity index (χ4n) is 3.52. The summed E-state index contributed by atoms with van der Waals surface area (Å²) in [6.45, 7) is 6.61. The Hall–Kier alpha value is -3.27. The molecule has 3 rings (SSSR count). The van der Waals surface area contributed by atoms with Crippen molar-refractivity contribution < 1.29 is 9.59 Å². The number of carbonyl (C=O) groups is 2. The number of anilines is 1. The summed E-state index contributed by atoms with van der Waals surface area (Å²) in [5, 5.41) is 13.3. The van der Waals surface area contributed by atoms with Crippen molar-refractivity contribution in [2.75, 3.05) is 4.90 Å². The van der Waals surface area contributed by atoms with Gasteiger partial charge in [0.1, 0.15) is 18.2 Å². The quantitative estimate of drug-likeness (QED) is 0.775. The van der Waals surface area contributed by atoms with Crippen LogP contribution in [0.3, 0.4) is 0 Å². The smallest absolute Gasteiger partial charge is 0.285 e. The third-order valence-corrected chi connectivity index (χ3v) is 5.00. The lowest BCUT2D eigenvalue weighted by Gasteiger charge is -2.20. The monoisotopic (exact) mass is 364 g/mol. The van der Waals surface area contributed by atoms with Crippen LogP contribution in [0.2, 0.25) is 0 Å². The zero-order chi connectivity index (χ0) is 19.9. The first-order chi connectivity index (χ1) is 12.7. The first-order valence-electron chi connectivity index (χ1n) is 8.69. The van der Waals surface area contributed by atoms with Crippen molar-refractivity contribution >= 4 is 17.4 Å². The second-order valence-electron chi connectivity index (χ2n) is 6.87. The van der Waals surface area contributed by atoms with E-state index in [4.69, 9.17) is 0 Å². The van der Waals surface area contributed by atoms with Gasteiger partial charge in [0.05, 0.1) is 5.69 Å². The Kier molecular flexibility index (Phi) is 4.66. The molecule has 1 amide bonds. The molecule has 2 aromatic rings. The van der Waals surface area contributed by atoms with Crippen LogP contribution in [0, 0.1) is 25.2 Å². The Balaban J connectivity index is 1.93. The van der Waals surface area contributed by atoms with Crippen LogP contribution < -0.4 is 10.5 Å². The molecule has 0 spiro atoms. The van der Waals surface area contributed by atoms with Crippen LogP contribution in [0.4, 0.5) is 5.69 Å². The van der Waals surface area contributed by atoms with E-state index in [1.54, 1.807) is 36.9 Å². The van der Waals surface area contributed by atoms with Crippen LogP contribution in [0.1, 0.15) is 46.6 Å². The van der Waals surface area contributed by atoms with Gasteiger partial charge in [-0.05, 0) is 56.5 Å². The van der Waals surface area contributed by atoms with Crippen molar-refractivity contribution in [3.63, 3.8) is 0 Å². The first kappa shape index (κ1) is 18.5. The van der Waals surface area contributed by atoms with Gasteiger partial charge in [-0.2, -0.15) is 10.4 Å². The lowest BCUT2D eigenvalue weighted by molar-refractivity contribution is -0.116. The SMILES string of the molecule is CC(=O)N1c2ccc(C(=O)Cn3nc(C)c(C)c(C#N)c3=O)cc2C[C@H]1C. The van der Waals surface area contributed by atoms with Crippen molar-refractivity contribution in [3.8, 4) is 6.07 Å². The minimum Gasteiger partial charge on any atom is -0.309 e. The van der Waals surface area contributed by atoms with Crippen molar-refractivity contribution in [2.24, 2.45) is 0 Å². The topological polar surface area (TPSA) is 96.1 Å². The highest BCUT2D eigenvalue weighted by atomic mass is 16.2. The number of aryl methyl sites for hydroxylation is 1. The van der Waals surface area contributed by atoms with Gasteiger partial charge in [0.2, 0.25) is 5.91 Å². The number of hydrogen-bond acceptors (Lipinski definition) is 5. The Morgan fingerprint density at radius 1 is 1.33 bits per heavy atom. The van der Waals surface area contributed by atoms with Crippen LogP contribution in [-0.4, -0.2) is 27.5 Å². The number of amides is 1. The second-order valence-corrected chi connectivity index (χ2v) is 6.87.